The van der Waals surface area contributed by atoms with Gasteiger partial charge in [-0.3, -0.25) is 0 Å². The highest BCUT2D eigenvalue weighted by molar-refractivity contribution is 5.51. The normalized spacial score (nSPS) is 17.5. The van der Waals surface area contributed by atoms with E-state index in [0.717, 1.165) is 43.0 Å². The van der Waals surface area contributed by atoms with E-state index < -0.39 is 0 Å². The standard InChI is InChI=1S/C14H19N3/c1-3-4-5-13-10-16-14(17-11(13)2)12-6-8-15-9-7-12/h3-5,10,12,15H,1,6-9H2,2H3/b5-4-. The summed E-state index contributed by atoms with van der Waals surface area (Å²) in [5, 5.41) is 3.36. The monoisotopic (exact) mass is 229 g/mol. The van der Waals surface area contributed by atoms with Crippen LogP contribution < -0.4 is 5.32 Å². The number of hydrogen-bond donors (Lipinski definition) is 1. The predicted molar refractivity (Wildman–Crippen MR) is 70.8 cm³/mol. The summed E-state index contributed by atoms with van der Waals surface area (Å²) >= 11 is 0. The van der Waals surface area contributed by atoms with E-state index >= 15 is 0 Å². The molecule has 3 nitrogen and oxygen atoms in total. The zero-order valence-corrected chi connectivity index (χ0v) is 10.3. The summed E-state index contributed by atoms with van der Waals surface area (Å²) in [6, 6.07) is 0. The lowest BCUT2D eigenvalue weighted by Gasteiger charge is -2.21. The van der Waals surface area contributed by atoms with Gasteiger partial charge >= 0.3 is 0 Å². The van der Waals surface area contributed by atoms with Gasteiger partial charge in [0.1, 0.15) is 5.82 Å². The smallest absolute Gasteiger partial charge is 0.131 e. The van der Waals surface area contributed by atoms with Crippen LogP contribution in [0.5, 0.6) is 0 Å². The Morgan fingerprint density at radius 1 is 1.41 bits per heavy atom. The summed E-state index contributed by atoms with van der Waals surface area (Å²) in [5.41, 5.74) is 2.12. The van der Waals surface area contributed by atoms with Crippen molar-refractivity contribution in [2.45, 2.75) is 25.7 Å². The molecule has 0 atom stereocenters. The first-order chi connectivity index (χ1) is 8.31. The van der Waals surface area contributed by atoms with Gasteiger partial charge in [0.15, 0.2) is 0 Å². The number of nitrogens with one attached hydrogen (secondary N) is 1. The maximum absolute atomic E-state index is 4.63. The van der Waals surface area contributed by atoms with Crippen molar-refractivity contribution in [2.24, 2.45) is 0 Å². The number of piperidine rings is 1. The third-order valence-electron chi connectivity index (χ3n) is 3.15. The van der Waals surface area contributed by atoms with Crippen LogP contribution in [0, 0.1) is 6.92 Å². The van der Waals surface area contributed by atoms with Gasteiger partial charge in [0, 0.05) is 23.4 Å². The van der Waals surface area contributed by atoms with Crippen LogP contribution in [0.15, 0.2) is 24.9 Å². The molecule has 0 spiro atoms. The van der Waals surface area contributed by atoms with Crippen molar-refractivity contribution in [2.75, 3.05) is 13.1 Å². The Kier molecular flexibility index (Phi) is 4.04. The molecule has 1 fully saturated rings. The maximum Gasteiger partial charge on any atom is 0.131 e. The van der Waals surface area contributed by atoms with Crippen molar-refractivity contribution in [3.63, 3.8) is 0 Å². The maximum atomic E-state index is 4.63. The molecule has 0 aliphatic carbocycles. The number of nitrogens with zero attached hydrogens (tertiary/aromatic N) is 2. The quantitative estimate of drug-likeness (QED) is 0.809. The van der Waals surface area contributed by atoms with Gasteiger partial charge in [0.05, 0.1) is 0 Å². The van der Waals surface area contributed by atoms with Crippen molar-refractivity contribution in [3.05, 3.63) is 42.0 Å². The van der Waals surface area contributed by atoms with Gasteiger partial charge in [0.25, 0.3) is 0 Å². The van der Waals surface area contributed by atoms with Crippen molar-refractivity contribution < 1.29 is 0 Å². The third kappa shape index (κ3) is 3.01. The van der Waals surface area contributed by atoms with Crippen LogP contribution in [-0.2, 0) is 0 Å². The average molecular weight is 229 g/mol. The predicted octanol–water partition coefficient (Wildman–Crippen LogP) is 2.45. The molecule has 1 aliphatic heterocycles. The van der Waals surface area contributed by atoms with Crippen molar-refractivity contribution in [1.29, 1.82) is 0 Å². The van der Waals surface area contributed by atoms with Gasteiger partial charge in [0.2, 0.25) is 0 Å². The highest BCUT2D eigenvalue weighted by atomic mass is 14.9. The molecular formula is C14H19N3. The molecule has 1 N–H and O–H groups in total. The molecule has 1 aliphatic rings. The van der Waals surface area contributed by atoms with Crippen LogP contribution in [0.4, 0.5) is 0 Å². The minimum Gasteiger partial charge on any atom is -0.317 e. The lowest BCUT2D eigenvalue weighted by molar-refractivity contribution is 0.444. The van der Waals surface area contributed by atoms with Crippen LogP contribution >= 0.6 is 0 Å². The molecule has 1 saturated heterocycles. The first-order valence-electron chi connectivity index (χ1n) is 6.14. The van der Waals surface area contributed by atoms with Crippen LogP contribution in [0.2, 0.25) is 0 Å². The summed E-state index contributed by atoms with van der Waals surface area (Å²) in [6.07, 6.45) is 9.87. The van der Waals surface area contributed by atoms with Crippen molar-refractivity contribution >= 4 is 6.08 Å². The van der Waals surface area contributed by atoms with E-state index in [1.165, 1.54) is 0 Å². The molecule has 0 saturated carbocycles. The molecule has 0 aromatic carbocycles. The number of allylic oxidation sites excluding steroid dienone is 2. The Bertz CT molecular complexity index is 417. The largest absolute Gasteiger partial charge is 0.317 e. The lowest BCUT2D eigenvalue weighted by atomic mass is 9.97. The number of hydrogen-bond acceptors (Lipinski definition) is 3. The van der Waals surface area contributed by atoms with Crippen LogP contribution in [0.3, 0.4) is 0 Å². The van der Waals surface area contributed by atoms with Gasteiger partial charge in [-0.15, -0.1) is 0 Å². The number of aryl methyl sites for hydroxylation is 1. The van der Waals surface area contributed by atoms with Gasteiger partial charge in [-0.2, -0.15) is 0 Å². The van der Waals surface area contributed by atoms with Gasteiger partial charge in [-0.1, -0.05) is 24.8 Å². The zero-order valence-electron chi connectivity index (χ0n) is 10.3. The Labute approximate surface area is 103 Å². The van der Waals surface area contributed by atoms with Crippen molar-refractivity contribution in [3.8, 4) is 0 Å². The first kappa shape index (κ1) is 12.0. The summed E-state index contributed by atoms with van der Waals surface area (Å²) < 4.78 is 0. The van der Waals surface area contributed by atoms with Crippen LogP contribution in [-0.4, -0.2) is 23.1 Å². The molecule has 0 bridgehead atoms. The Hall–Kier alpha value is -1.48. The number of rotatable bonds is 3. The topological polar surface area (TPSA) is 37.8 Å². The molecule has 0 radical (unpaired) electrons. The van der Waals surface area contributed by atoms with Crippen molar-refractivity contribution in [1.82, 2.24) is 15.3 Å². The summed E-state index contributed by atoms with van der Waals surface area (Å²) in [5.74, 6) is 1.52. The van der Waals surface area contributed by atoms with E-state index in [2.05, 4.69) is 21.9 Å². The minimum absolute atomic E-state index is 0.521. The third-order valence-corrected chi connectivity index (χ3v) is 3.15. The molecule has 90 valence electrons. The van der Waals surface area contributed by atoms with Gasteiger partial charge < -0.3 is 5.32 Å². The Balaban J connectivity index is 2.17. The second-order valence-corrected chi connectivity index (χ2v) is 4.39. The molecular weight excluding hydrogens is 210 g/mol. The molecule has 3 heteroatoms. The van der Waals surface area contributed by atoms with Gasteiger partial charge in [-0.05, 0) is 32.9 Å². The second-order valence-electron chi connectivity index (χ2n) is 4.39. The van der Waals surface area contributed by atoms with Crippen LogP contribution in [0.25, 0.3) is 6.08 Å². The molecule has 2 rings (SSSR count). The van der Waals surface area contributed by atoms with E-state index in [9.17, 15) is 0 Å². The summed E-state index contributed by atoms with van der Waals surface area (Å²) in [4.78, 5) is 9.12. The fourth-order valence-corrected chi connectivity index (χ4v) is 2.11. The highest BCUT2D eigenvalue weighted by Crippen LogP contribution is 2.22. The summed E-state index contributed by atoms with van der Waals surface area (Å²) in [7, 11) is 0. The van der Waals surface area contributed by atoms with E-state index in [-0.39, 0.29) is 0 Å². The SMILES string of the molecule is C=C/C=C\c1cnc(C2CCNCC2)nc1C. The average Bonchev–Trinajstić information content (AvgIpc) is 2.38. The Morgan fingerprint density at radius 2 is 2.18 bits per heavy atom. The van der Waals surface area contributed by atoms with E-state index in [4.69, 9.17) is 0 Å². The van der Waals surface area contributed by atoms with E-state index in [0.29, 0.717) is 5.92 Å². The second kappa shape index (κ2) is 5.73. The molecule has 0 amide bonds. The van der Waals surface area contributed by atoms with E-state index in [1.807, 2.05) is 25.3 Å². The number of aromatic nitrogens is 2. The zero-order chi connectivity index (χ0) is 12.1. The first-order valence-corrected chi connectivity index (χ1v) is 6.14. The minimum atomic E-state index is 0.521. The lowest BCUT2D eigenvalue weighted by Crippen LogP contribution is -2.27. The fraction of sp³-hybridized carbons (Fsp3) is 0.429. The molecule has 1 aromatic heterocycles. The van der Waals surface area contributed by atoms with Crippen LogP contribution in [0.1, 0.15) is 35.8 Å². The van der Waals surface area contributed by atoms with E-state index in [1.54, 1.807) is 6.08 Å². The molecule has 1 aromatic rings. The Morgan fingerprint density at radius 3 is 2.82 bits per heavy atom. The van der Waals surface area contributed by atoms with Gasteiger partial charge in [-0.25, -0.2) is 9.97 Å². The molecule has 0 unspecified atom stereocenters. The molecule has 17 heavy (non-hydrogen) atoms. The highest BCUT2D eigenvalue weighted by Gasteiger charge is 2.17. The fourth-order valence-electron chi connectivity index (χ4n) is 2.11. The molecule has 2 heterocycles. The summed E-state index contributed by atoms with van der Waals surface area (Å²) in [6.45, 7) is 7.85.